The first-order chi connectivity index (χ1) is 6.34. The van der Waals surface area contributed by atoms with E-state index in [9.17, 15) is 4.79 Å². The molecule has 0 aromatic rings. The molecule has 1 aliphatic heterocycles. The number of aliphatic hydroxyl groups excluding tert-OH is 1. The molecule has 1 radical (unpaired) electrons. The Morgan fingerprint density at radius 1 is 1.46 bits per heavy atom. The van der Waals surface area contributed by atoms with Crippen LogP contribution in [0.5, 0.6) is 0 Å². The molecule has 1 saturated heterocycles. The van der Waals surface area contributed by atoms with Crippen molar-refractivity contribution in [2.24, 2.45) is 0 Å². The van der Waals surface area contributed by atoms with Gasteiger partial charge in [0.15, 0.2) is 0 Å². The highest BCUT2D eigenvalue weighted by atomic mass is 16.3. The minimum absolute atomic E-state index is 0.0720. The summed E-state index contributed by atoms with van der Waals surface area (Å²) in [6.07, 6.45) is 0. The van der Waals surface area contributed by atoms with E-state index < -0.39 is 0 Å². The first kappa shape index (κ1) is 10.4. The second-order valence-electron chi connectivity index (χ2n) is 2.95. The summed E-state index contributed by atoms with van der Waals surface area (Å²) in [7, 11) is 0. The molecule has 13 heavy (non-hydrogen) atoms. The van der Waals surface area contributed by atoms with Gasteiger partial charge in [-0.2, -0.15) is 0 Å². The van der Waals surface area contributed by atoms with Gasteiger partial charge in [0.1, 0.15) is 0 Å². The van der Waals surface area contributed by atoms with Crippen molar-refractivity contribution < 1.29 is 9.90 Å². The number of amides is 1. The molecule has 1 heterocycles. The van der Waals surface area contributed by atoms with Crippen LogP contribution in [0, 0.1) is 0 Å². The fourth-order valence-corrected chi connectivity index (χ4v) is 1.24. The normalized spacial score (nSPS) is 17.5. The summed E-state index contributed by atoms with van der Waals surface area (Å²) in [6.45, 7) is 3.85. The maximum absolute atomic E-state index is 11.4. The van der Waals surface area contributed by atoms with Crippen molar-refractivity contribution in [1.29, 1.82) is 0 Å². The molecule has 0 unspecified atom stereocenters. The smallest absolute Gasteiger partial charge is 0.236 e. The quantitative estimate of drug-likeness (QED) is 0.500. The van der Waals surface area contributed by atoms with Gasteiger partial charge in [0.25, 0.3) is 0 Å². The van der Waals surface area contributed by atoms with Crippen LogP contribution in [0.2, 0.25) is 0 Å². The van der Waals surface area contributed by atoms with Crippen LogP contribution < -0.4 is 10.6 Å². The highest BCUT2D eigenvalue weighted by Crippen LogP contribution is 1.92. The average molecular weight is 186 g/mol. The van der Waals surface area contributed by atoms with Crippen LogP contribution in [-0.2, 0) is 4.79 Å². The first-order valence-electron chi connectivity index (χ1n) is 4.57. The lowest BCUT2D eigenvalue weighted by atomic mass is 10.3. The largest absolute Gasteiger partial charge is 0.395 e. The lowest BCUT2D eigenvalue weighted by Gasteiger charge is -2.26. The molecule has 0 saturated carbocycles. The minimum atomic E-state index is 0.0720. The molecule has 1 amide bonds. The average Bonchev–Trinajstić information content (AvgIpc) is 2.19. The third-order valence-corrected chi connectivity index (χ3v) is 1.97. The summed E-state index contributed by atoms with van der Waals surface area (Å²) in [4.78, 5) is 13.2. The van der Waals surface area contributed by atoms with Crippen LogP contribution in [0.25, 0.3) is 0 Å². The minimum Gasteiger partial charge on any atom is -0.395 e. The summed E-state index contributed by atoms with van der Waals surface area (Å²) in [6, 6.07) is 0. The van der Waals surface area contributed by atoms with Gasteiger partial charge in [0.05, 0.1) is 13.2 Å². The highest BCUT2D eigenvalue weighted by molar-refractivity contribution is 5.78. The summed E-state index contributed by atoms with van der Waals surface area (Å²) >= 11 is 0. The number of aliphatic hydroxyl groups is 1. The third-order valence-electron chi connectivity index (χ3n) is 1.97. The number of nitrogens with zero attached hydrogens (tertiary/aromatic N) is 2. The lowest BCUT2D eigenvalue weighted by molar-refractivity contribution is -0.130. The molecule has 0 aliphatic carbocycles. The summed E-state index contributed by atoms with van der Waals surface area (Å²) < 4.78 is 0. The molecule has 0 spiro atoms. The monoisotopic (exact) mass is 186 g/mol. The van der Waals surface area contributed by atoms with Gasteiger partial charge in [-0.25, -0.2) is 5.32 Å². The fraction of sp³-hybridized carbons (Fsp3) is 0.875. The van der Waals surface area contributed by atoms with E-state index in [-0.39, 0.29) is 12.5 Å². The van der Waals surface area contributed by atoms with Gasteiger partial charge in [-0.15, -0.1) is 0 Å². The van der Waals surface area contributed by atoms with E-state index in [2.05, 4.69) is 10.6 Å². The Kier molecular flexibility index (Phi) is 4.74. The SMILES string of the molecule is O=C(CNCCO)N1CC[N]CC1. The van der Waals surface area contributed by atoms with Gasteiger partial charge in [0.2, 0.25) is 5.91 Å². The first-order valence-corrected chi connectivity index (χ1v) is 4.57. The Bertz CT molecular complexity index is 157. The fourth-order valence-electron chi connectivity index (χ4n) is 1.24. The highest BCUT2D eigenvalue weighted by Gasteiger charge is 2.15. The number of piperazine rings is 1. The van der Waals surface area contributed by atoms with E-state index in [0.29, 0.717) is 13.1 Å². The van der Waals surface area contributed by atoms with E-state index in [1.165, 1.54) is 0 Å². The molecule has 0 aromatic carbocycles. The maximum atomic E-state index is 11.4. The van der Waals surface area contributed by atoms with Gasteiger partial charge in [-0.1, -0.05) is 0 Å². The Balaban J connectivity index is 2.13. The second-order valence-corrected chi connectivity index (χ2v) is 2.95. The molecule has 75 valence electrons. The van der Waals surface area contributed by atoms with Crippen LogP contribution >= 0.6 is 0 Å². The molecule has 5 heteroatoms. The Hall–Kier alpha value is -0.650. The van der Waals surface area contributed by atoms with Gasteiger partial charge in [-0.05, 0) is 0 Å². The van der Waals surface area contributed by atoms with Crippen molar-refractivity contribution in [3.05, 3.63) is 0 Å². The molecular formula is C8H16N3O2. The van der Waals surface area contributed by atoms with Crippen molar-refractivity contribution in [2.75, 3.05) is 45.9 Å². The van der Waals surface area contributed by atoms with E-state index in [4.69, 9.17) is 5.11 Å². The predicted molar refractivity (Wildman–Crippen MR) is 48.4 cm³/mol. The van der Waals surface area contributed by atoms with Gasteiger partial charge < -0.3 is 15.3 Å². The van der Waals surface area contributed by atoms with E-state index in [1.807, 2.05) is 0 Å². The van der Waals surface area contributed by atoms with Crippen molar-refractivity contribution in [2.45, 2.75) is 0 Å². The van der Waals surface area contributed by atoms with Crippen molar-refractivity contribution in [1.82, 2.24) is 15.5 Å². The molecule has 1 rings (SSSR count). The number of carbonyl (C=O) groups is 1. The molecule has 2 N–H and O–H groups in total. The Morgan fingerprint density at radius 3 is 2.77 bits per heavy atom. The topological polar surface area (TPSA) is 66.7 Å². The van der Waals surface area contributed by atoms with Crippen molar-refractivity contribution in [3.63, 3.8) is 0 Å². The van der Waals surface area contributed by atoms with Crippen LogP contribution in [0.4, 0.5) is 0 Å². The number of carbonyl (C=O) groups excluding carboxylic acids is 1. The molecule has 0 aromatic heterocycles. The van der Waals surface area contributed by atoms with Gasteiger partial charge in [-0.3, -0.25) is 4.79 Å². The van der Waals surface area contributed by atoms with E-state index in [1.54, 1.807) is 4.90 Å². The van der Waals surface area contributed by atoms with Crippen molar-refractivity contribution >= 4 is 5.91 Å². The zero-order valence-electron chi connectivity index (χ0n) is 7.70. The molecule has 5 nitrogen and oxygen atoms in total. The Labute approximate surface area is 78.1 Å². The summed E-state index contributed by atoms with van der Waals surface area (Å²) in [5.41, 5.74) is 0. The van der Waals surface area contributed by atoms with Crippen LogP contribution in [0.3, 0.4) is 0 Å². The molecule has 0 atom stereocenters. The van der Waals surface area contributed by atoms with Crippen LogP contribution in [-0.4, -0.2) is 61.8 Å². The zero-order chi connectivity index (χ0) is 9.52. The number of hydrogen-bond donors (Lipinski definition) is 2. The molecular weight excluding hydrogens is 170 g/mol. The maximum Gasteiger partial charge on any atom is 0.236 e. The second kappa shape index (κ2) is 5.90. The standard InChI is InChI=1S/C8H16N3O2/c12-6-3-10-7-8(13)11-4-1-9-2-5-11/h10,12H,1-7H2. The molecule has 1 fully saturated rings. The van der Waals surface area contributed by atoms with E-state index >= 15 is 0 Å². The number of hydrogen-bond acceptors (Lipinski definition) is 3. The predicted octanol–water partition coefficient (Wildman–Crippen LogP) is -1.99. The molecule has 1 aliphatic rings. The van der Waals surface area contributed by atoms with Gasteiger partial charge >= 0.3 is 0 Å². The summed E-state index contributed by atoms with van der Waals surface area (Å²) in [5, 5.41) is 15.5. The van der Waals surface area contributed by atoms with Gasteiger partial charge in [0, 0.05) is 32.7 Å². The van der Waals surface area contributed by atoms with Crippen molar-refractivity contribution in [3.8, 4) is 0 Å². The summed E-state index contributed by atoms with van der Waals surface area (Å²) in [5.74, 6) is 0.100. The Morgan fingerprint density at radius 2 is 2.15 bits per heavy atom. The zero-order valence-corrected chi connectivity index (χ0v) is 7.70. The van der Waals surface area contributed by atoms with Crippen LogP contribution in [0.1, 0.15) is 0 Å². The number of nitrogens with one attached hydrogen (secondary N) is 1. The third kappa shape index (κ3) is 3.71. The number of rotatable bonds is 4. The molecule has 0 bridgehead atoms. The lowest BCUT2D eigenvalue weighted by Crippen LogP contribution is -2.47. The van der Waals surface area contributed by atoms with Crippen LogP contribution in [0.15, 0.2) is 0 Å². The van der Waals surface area contributed by atoms with E-state index in [0.717, 1.165) is 26.2 Å².